The fraction of sp³-hybridized carbons (Fsp3) is 0.273. The summed E-state index contributed by atoms with van der Waals surface area (Å²) in [5.74, 6) is 0.599. The molecule has 0 fully saturated rings. The van der Waals surface area contributed by atoms with Crippen molar-refractivity contribution in [2.45, 2.75) is 32.4 Å². The monoisotopic (exact) mass is 362 g/mol. The molecule has 1 atom stereocenters. The largest absolute Gasteiger partial charge is 0.383 e. The summed E-state index contributed by atoms with van der Waals surface area (Å²) in [6.45, 7) is 2.77. The lowest BCUT2D eigenvalue weighted by molar-refractivity contribution is -0.141. The summed E-state index contributed by atoms with van der Waals surface area (Å²) in [5, 5.41) is 14.1. The van der Waals surface area contributed by atoms with Crippen LogP contribution in [0.2, 0.25) is 0 Å². The van der Waals surface area contributed by atoms with Crippen LogP contribution in [0.15, 0.2) is 59.1 Å². The van der Waals surface area contributed by atoms with Crippen molar-refractivity contribution in [1.29, 1.82) is 0 Å². The lowest BCUT2D eigenvalue weighted by Crippen LogP contribution is -2.41. The number of carbonyl (C=O) groups excluding carboxylic acids is 1. The number of fused-ring (bicyclic) bond motifs is 1. The van der Waals surface area contributed by atoms with E-state index in [1.807, 2.05) is 30.3 Å². The van der Waals surface area contributed by atoms with E-state index >= 15 is 0 Å². The van der Waals surface area contributed by atoms with Crippen molar-refractivity contribution in [2.24, 2.45) is 0 Å². The van der Waals surface area contributed by atoms with Crippen LogP contribution >= 0.6 is 0 Å². The molecule has 27 heavy (non-hydrogen) atoms. The van der Waals surface area contributed by atoms with Crippen molar-refractivity contribution in [3.05, 3.63) is 65.9 Å². The van der Waals surface area contributed by atoms with Gasteiger partial charge < -0.3 is 14.5 Å². The van der Waals surface area contributed by atoms with Gasteiger partial charge >= 0.3 is 0 Å². The van der Waals surface area contributed by atoms with E-state index in [1.165, 1.54) is 0 Å². The fourth-order valence-electron chi connectivity index (χ4n) is 3.46. The zero-order valence-corrected chi connectivity index (χ0v) is 15.3. The Balaban J connectivity index is 1.60. The van der Waals surface area contributed by atoms with E-state index in [2.05, 4.69) is 29.4 Å². The SMILES string of the molecule is CC[C@@H](O)C(=O)N1CCc2onc(-c3ccc(-c4ccccc4)cc3)c2C1. The fourth-order valence-corrected chi connectivity index (χ4v) is 3.46. The van der Waals surface area contributed by atoms with Crippen LogP contribution in [0.3, 0.4) is 0 Å². The minimum Gasteiger partial charge on any atom is -0.383 e. The number of amides is 1. The lowest BCUT2D eigenvalue weighted by Gasteiger charge is -2.28. The summed E-state index contributed by atoms with van der Waals surface area (Å²) in [6.07, 6.45) is 0.0895. The normalized spacial score (nSPS) is 14.7. The van der Waals surface area contributed by atoms with E-state index in [1.54, 1.807) is 11.8 Å². The quantitative estimate of drug-likeness (QED) is 0.769. The van der Waals surface area contributed by atoms with Gasteiger partial charge in [0.25, 0.3) is 5.91 Å². The van der Waals surface area contributed by atoms with E-state index in [4.69, 9.17) is 4.52 Å². The minimum absolute atomic E-state index is 0.227. The number of aliphatic hydroxyl groups excluding tert-OH is 1. The zero-order valence-electron chi connectivity index (χ0n) is 15.3. The molecule has 0 saturated heterocycles. The molecule has 0 aliphatic carbocycles. The third kappa shape index (κ3) is 3.38. The molecular formula is C22H22N2O3. The molecule has 2 heterocycles. The van der Waals surface area contributed by atoms with Gasteiger partial charge in [-0.25, -0.2) is 0 Å². The van der Waals surface area contributed by atoms with Crippen LogP contribution in [0.1, 0.15) is 24.7 Å². The van der Waals surface area contributed by atoms with Gasteiger partial charge in [-0.15, -0.1) is 0 Å². The third-order valence-electron chi connectivity index (χ3n) is 5.08. The molecule has 1 amide bonds. The first-order chi connectivity index (χ1) is 13.2. The van der Waals surface area contributed by atoms with Crippen LogP contribution in [0.4, 0.5) is 0 Å². The molecule has 5 nitrogen and oxygen atoms in total. The van der Waals surface area contributed by atoms with Gasteiger partial charge in [-0.3, -0.25) is 4.79 Å². The summed E-state index contributed by atoms with van der Waals surface area (Å²) in [4.78, 5) is 14.0. The molecule has 1 aliphatic heterocycles. The Morgan fingerprint density at radius 3 is 2.48 bits per heavy atom. The molecular weight excluding hydrogens is 340 g/mol. The van der Waals surface area contributed by atoms with Gasteiger partial charge in [0, 0.05) is 24.1 Å². The van der Waals surface area contributed by atoms with Crippen LogP contribution in [-0.2, 0) is 17.8 Å². The van der Waals surface area contributed by atoms with Gasteiger partial charge in [0.2, 0.25) is 0 Å². The highest BCUT2D eigenvalue weighted by molar-refractivity contribution is 5.81. The van der Waals surface area contributed by atoms with Crippen molar-refractivity contribution >= 4 is 5.91 Å². The number of aromatic nitrogens is 1. The van der Waals surface area contributed by atoms with E-state index in [-0.39, 0.29) is 5.91 Å². The first-order valence-corrected chi connectivity index (χ1v) is 9.27. The average Bonchev–Trinajstić information content (AvgIpc) is 3.16. The first kappa shape index (κ1) is 17.5. The Morgan fingerprint density at radius 1 is 1.11 bits per heavy atom. The van der Waals surface area contributed by atoms with Crippen LogP contribution in [0, 0.1) is 0 Å². The highest BCUT2D eigenvalue weighted by Gasteiger charge is 2.29. The molecule has 3 aromatic rings. The van der Waals surface area contributed by atoms with Crippen molar-refractivity contribution in [3.8, 4) is 22.4 Å². The van der Waals surface area contributed by atoms with Crippen molar-refractivity contribution in [3.63, 3.8) is 0 Å². The third-order valence-corrected chi connectivity index (χ3v) is 5.08. The summed E-state index contributed by atoms with van der Waals surface area (Å²) in [7, 11) is 0. The van der Waals surface area contributed by atoms with Crippen LogP contribution < -0.4 is 0 Å². The average molecular weight is 362 g/mol. The van der Waals surface area contributed by atoms with Crippen LogP contribution in [0.25, 0.3) is 22.4 Å². The van der Waals surface area contributed by atoms with Crippen molar-refractivity contribution in [2.75, 3.05) is 6.54 Å². The second kappa shape index (κ2) is 7.37. The smallest absolute Gasteiger partial charge is 0.251 e. The molecule has 0 unspecified atom stereocenters. The number of hydrogen-bond donors (Lipinski definition) is 1. The maximum Gasteiger partial charge on any atom is 0.251 e. The van der Waals surface area contributed by atoms with E-state index in [0.29, 0.717) is 25.9 Å². The number of nitrogens with zero attached hydrogens (tertiary/aromatic N) is 2. The number of hydrogen-bond acceptors (Lipinski definition) is 4. The van der Waals surface area contributed by atoms with Gasteiger partial charge in [0.05, 0.1) is 6.54 Å². The Bertz CT molecular complexity index is 932. The summed E-state index contributed by atoms with van der Waals surface area (Å²) >= 11 is 0. The lowest BCUT2D eigenvalue weighted by atomic mass is 9.98. The molecule has 0 radical (unpaired) electrons. The minimum atomic E-state index is -0.944. The predicted molar refractivity (Wildman–Crippen MR) is 103 cm³/mol. The molecule has 1 aliphatic rings. The van der Waals surface area contributed by atoms with Crippen LogP contribution in [-0.4, -0.2) is 33.7 Å². The molecule has 1 N–H and O–H groups in total. The van der Waals surface area contributed by atoms with Gasteiger partial charge in [0.15, 0.2) is 0 Å². The Labute approximate surface area is 158 Å². The van der Waals surface area contributed by atoms with Gasteiger partial charge in [-0.1, -0.05) is 66.7 Å². The standard InChI is InChI=1S/C22H22N2O3/c1-2-19(25)22(26)24-13-12-20-18(14-24)21(23-27-20)17-10-8-16(9-11-17)15-6-4-3-5-7-15/h3-11,19,25H,2,12-14H2,1H3/t19-/m1/s1. The second-order valence-corrected chi connectivity index (χ2v) is 6.81. The first-order valence-electron chi connectivity index (χ1n) is 9.27. The maximum atomic E-state index is 12.3. The molecule has 4 rings (SSSR count). The zero-order chi connectivity index (χ0) is 18.8. The molecule has 0 saturated carbocycles. The second-order valence-electron chi connectivity index (χ2n) is 6.81. The van der Waals surface area contributed by atoms with Gasteiger partial charge in [-0.2, -0.15) is 0 Å². The molecule has 1 aromatic heterocycles. The number of benzene rings is 2. The topological polar surface area (TPSA) is 66.6 Å². The summed E-state index contributed by atoms with van der Waals surface area (Å²) in [6, 6.07) is 18.4. The molecule has 0 bridgehead atoms. The van der Waals surface area contributed by atoms with E-state index < -0.39 is 6.10 Å². The maximum absolute atomic E-state index is 12.3. The summed E-state index contributed by atoms with van der Waals surface area (Å²) in [5.41, 5.74) is 4.97. The Morgan fingerprint density at radius 2 is 1.78 bits per heavy atom. The van der Waals surface area contributed by atoms with Crippen molar-refractivity contribution < 1.29 is 14.4 Å². The molecule has 2 aromatic carbocycles. The molecule has 5 heteroatoms. The predicted octanol–water partition coefficient (Wildman–Crippen LogP) is 3.66. The highest BCUT2D eigenvalue weighted by atomic mass is 16.5. The number of aliphatic hydroxyl groups is 1. The summed E-state index contributed by atoms with van der Waals surface area (Å²) < 4.78 is 5.52. The number of carbonyl (C=O) groups is 1. The van der Waals surface area contributed by atoms with Crippen molar-refractivity contribution in [1.82, 2.24) is 10.1 Å². The van der Waals surface area contributed by atoms with Gasteiger partial charge in [-0.05, 0) is 17.5 Å². The highest BCUT2D eigenvalue weighted by Crippen LogP contribution is 2.31. The Kier molecular flexibility index (Phi) is 4.77. The van der Waals surface area contributed by atoms with E-state index in [0.717, 1.165) is 33.7 Å². The molecule has 0 spiro atoms. The van der Waals surface area contributed by atoms with Gasteiger partial charge in [0.1, 0.15) is 17.6 Å². The number of rotatable bonds is 4. The molecule has 138 valence electrons. The Hall–Kier alpha value is -2.92. The van der Waals surface area contributed by atoms with E-state index in [9.17, 15) is 9.90 Å². The van der Waals surface area contributed by atoms with Crippen LogP contribution in [0.5, 0.6) is 0 Å².